The lowest BCUT2D eigenvalue weighted by atomic mass is 10.3. The van der Waals surface area contributed by atoms with Gasteiger partial charge < -0.3 is 9.47 Å². The molecule has 1 aromatic carbocycles. The maximum absolute atomic E-state index is 5.64. The second-order valence-corrected chi connectivity index (χ2v) is 5.59. The Morgan fingerprint density at radius 3 is 2.95 bits per heavy atom. The highest BCUT2D eigenvalue weighted by Crippen LogP contribution is 2.34. The first-order chi connectivity index (χ1) is 9.29. The van der Waals surface area contributed by atoms with Crippen molar-refractivity contribution in [1.82, 2.24) is 15.0 Å². The van der Waals surface area contributed by atoms with E-state index in [1.165, 1.54) is 12.8 Å². The maximum Gasteiger partial charge on any atom is 0.136 e. The first kappa shape index (κ1) is 12.9. The SMILES string of the molecule is COCCOc1ccc2c(nnn2CC2CC2)c1Br. The van der Waals surface area contributed by atoms with Crippen molar-refractivity contribution in [3.63, 3.8) is 0 Å². The predicted octanol–water partition coefficient (Wildman–Crippen LogP) is 2.63. The molecule has 0 bridgehead atoms. The smallest absolute Gasteiger partial charge is 0.136 e. The summed E-state index contributed by atoms with van der Waals surface area (Å²) in [7, 11) is 1.66. The lowest BCUT2D eigenvalue weighted by Gasteiger charge is -2.08. The van der Waals surface area contributed by atoms with Gasteiger partial charge in [-0.15, -0.1) is 5.10 Å². The molecule has 0 unspecified atom stereocenters. The van der Waals surface area contributed by atoms with Crippen molar-refractivity contribution >= 4 is 27.0 Å². The zero-order valence-corrected chi connectivity index (χ0v) is 12.4. The van der Waals surface area contributed by atoms with Crippen LogP contribution in [0.3, 0.4) is 0 Å². The van der Waals surface area contributed by atoms with Crippen LogP contribution in [0.1, 0.15) is 12.8 Å². The average molecular weight is 326 g/mol. The quantitative estimate of drug-likeness (QED) is 0.766. The third kappa shape index (κ3) is 2.74. The van der Waals surface area contributed by atoms with Gasteiger partial charge in [-0.25, -0.2) is 4.68 Å². The van der Waals surface area contributed by atoms with Gasteiger partial charge in [0.1, 0.15) is 17.9 Å². The minimum atomic E-state index is 0.525. The van der Waals surface area contributed by atoms with E-state index in [1.54, 1.807) is 7.11 Å². The van der Waals surface area contributed by atoms with Gasteiger partial charge in [0.2, 0.25) is 0 Å². The number of halogens is 1. The van der Waals surface area contributed by atoms with Crippen molar-refractivity contribution in [2.75, 3.05) is 20.3 Å². The number of hydrogen-bond acceptors (Lipinski definition) is 4. The number of ether oxygens (including phenoxy) is 2. The molecule has 1 aromatic heterocycles. The van der Waals surface area contributed by atoms with E-state index in [0.717, 1.165) is 33.7 Å². The Morgan fingerprint density at radius 2 is 2.21 bits per heavy atom. The van der Waals surface area contributed by atoms with Gasteiger partial charge in [-0.3, -0.25) is 0 Å². The molecule has 0 aliphatic heterocycles. The number of fused-ring (bicyclic) bond motifs is 1. The van der Waals surface area contributed by atoms with Gasteiger partial charge in [-0.05, 0) is 46.8 Å². The second-order valence-electron chi connectivity index (χ2n) is 4.80. The van der Waals surface area contributed by atoms with Gasteiger partial charge >= 0.3 is 0 Å². The largest absolute Gasteiger partial charge is 0.490 e. The van der Waals surface area contributed by atoms with Crippen molar-refractivity contribution in [2.45, 2.75) is 19.4 Å². The van der Waals surface area contributed by atoms with Crippen molar-refractivity contribution in [2.24, 2.45) is 5.92 Å². The molecule has 102 valence electrons. The first-order valence-corrected chi connectivity index (χ1v) is 7.22. The molecule has 6 heteroatoms. The fourth-order valence-electron chi connectivity index (χ4n) is 2.01. The number of methoxy groups -OCH3 is 1. The number of benzene rings is 1. The van der Waals surface area contributed by atoms with Crippen LogP contribution in [0.2, 0.25) is 0 Å². The Balaban J connectivity index is 1.84. The van der Waals surface area contributed by atoms with Crippen molar-refractivity contribution in [3.05, 3.63) is 16.6 Å². The van der Waals surface area contributed by atoms with E-state index in [2.05, 4.69) is 26.2 Å². The molecule has 0 amide bonds. The monoisotopic (exact) mass is 325 g/mol. The third-order valence-electron chi connectivity index (χ3n) is 3.26. The number of rotatable bonds is 6. The van der Waals surface area contributed by atoms with E-state index in [4.69, 9.17) is 9.47 Å². The van der Waals surface area contributed by atoms with Crippen LogP contribution in [-0.4, -0.2) is 35.3 Å². The fourth-order valence-corrected chi connectivity index (χ4v) is 2.54. The van der Waals surface area contributed by atoms with Crippen molar-refractivity contribution < 1.29 is 9.47 Å². The third-order valence-corrected chi connectivity index (χ3v) is 4.03. The Morgan fingerprint density at radius 1 is 1.37 bits per heavy atom. The van der Waals surface area contributed by atoms with Gasteiger partial charge in [0.05, 0.1) is 16.6 Å². The first-order valence-electron chi connectivity index (χ1n) is 6.43. The van der Waals surface area contributed by atoms with Crippen LogP contribution in [-0.2, 0) is 11.3 Å². The van der Waals surface area contributed by atoms with Crippen molar-refractivity contribution in [1.29, 1.82) is 0 Å². The van der Waals surface area contributed by atoms with Crippen LogP contribution in [0.25, 0.3) is 11.0 Å². The van der Waals surface area contributed by atoms with Gasteiger partial charge in [-0.2, -0.15) is 0 Å². The molecule has 1 saturated carbocycles. The fraction of sp³-hybridized carbons (Fsp3) is 0.538. The molecule has 3 rings (SSSR count). The van der Waals surface area contributed by atoms with Crippen LogP contribution in [0.4, 0.5) is 0 Å². The molecule has 0 spiro atoms. The van der Waals surface area contributed by atoms with Crippen molar-refractivity contribution in [3.8, 4) is 5.75 Å². The lowest BCUT2D eigenvalue weighted by Crippen LogP contribution is -2.05. The molecule has 1 aliphatic carbocycles. The summed E-state index contributed by atoms with van der Waals surface area (Å²) in [5, 5.41) is 8.47. The molecule has 1 heterocycles. The Kier molecular flexibility index (Phi) is 3.70. The molecular weight excluding hydrogens is 310 g/mol. The molecule has 1 aliphatic rings. The van der Waals surface area contributed by atoms with E-state index in [1.807, 2.05) is 16.8 Å². The van der Waals surface area contributed by atoms with Gasteiger partial charge in [-0.1, -0.05) is 5.21 Å². The van der Waals surface area contributed by atoms with E-state index >= 15 is 0 Å². The Hall–Kier alpha value is -1.14. The van der Waals surface area contributed by atoms with E-state index in [0.29, 0.717) is 13.2 Å². The highest BCUT2D eigenvalue weighted by atomic mass is 79.9. The zero-order chi connectivity index (χ0) is 13.2. The van der Waals surface area contributed by atoms with Crippen LogP contribution >= 0.6 is 15.9 Å². The summed E-state index contributed by atoms with van der Waals surface area (Å²) in [6.45, 7) is 2.06. The molecule has 0 radical (unpaired) electrons. The van der Waals surface area contributed by atoms with Crippen LogP contribution in [0.15, 0.2) is 16.6 Å². The molecule has 0 atom stereocenters. The minimum Gasteiger partial charge on any atom is -0.490 e. The topological polar surface area (TPSA) is 49.2 Å². The summed E-state index contributed by atoms with van der Waals surface area (Å²) in [4.78, 5) is 0. The lowest BCUT2D eigenvalue weighted by molar-refractivity contribution is 0.146. The zero-order valence-electron chi connectivity index (χ0n) is 10.8. The number of nitrogens with zero attached hydrogens (tertiary/aromatic N) is 3. The second kappa shape index (κ2) is 5.46. The maximum atomic E-state index is 5.64. The van der Waals surface area contributed by atoms with Crippen LogP contribution in [0, 0.1) is 5.92 Å². The molecule has 0 saturated heterocycles. The standard InChI is InChI=1S/C13H16BrN3O2/c1-18-6-7-19-11-5-4-10-13(12(11)14)15-16-17(10)8-9-2-3-9/h4-5,9H,2-3,6-8H2,1H3. The molecule has 5 nitrogen and oxygen atoms in total. The summed E-state index contributed by atoms with van der Waals surface area (Å²) in [5.74, 6) is 1.56. The summed E-state index contributed by atoms with van der Waals surface area (Å²) in [6, 6.07) is 3.97. The summed E-state index contributed by atoms with van der Waals surface area (Å²) < 4.78 is 13.5. The average Bonchev–Trinajstić information content (AvgIpc) is 3.13. The summed E-state index contributed by atoms with van der Waals surface area (Å²) >= 11 is 3.55. The molecule has 2 aromatic rings. The predicted molar refractivity (Wildman–Crippen MR) is 75.3 cm³/mol. The van der Waals surface area contributed by atoms with E-state index in [9.17, 15) is 0 Å². The Labute approximate surface area is 120 Å². The summed E-state index contributed by atoms with van der Waals surface area (Å²) in [5.41, 5.74) is 1.91. The minimum absolute atomic E-state index is 0.525. The summed E-state index contributed by atoms with van der Waals surface area (Å²) in [6.07, 6.45) is 2.61. The van der Waals surface area contributed by atoms with Gasteiger partial charge in [0.25, 0.3) is 0 Å². The number of aromatic nitrogens is 3. The van der Waals surface area contributed by atoms with Gasteiger partial charge in [0, 0.05) is 13.7 Å². The number of hydrogen-bond donors (Lipinski definition) is 0. The Bertz CT molecular complexity index is 581. The normalized spacial score (nSPS) is 15.1. The van der Waals surface area contributed by atoms with Crippen LogP contribution < -0.4 is 4.74 Å². The molecule has 1 fully saturated rings. The molecule has 19 heavy (non-hydrogen) atoms. The highest BCUT2D eigenvalue weighted by molar-refractivity contribution is 9.10. The molecular formula is C13H16BrN3O2. The highest BCUT2D eigenvalue weighted by Gasteiger charge is 2.23. The van der Waals surface area contributed by atoms with E-state index < -0.39 is 0 Å². The molecule has 0 N–H and O–H groups in total. The van der Waals surface area contributed by atoms with E-state index in [-0.39, 0.29) is 0 Å². The van der Waals surface area contributed by atoms with Crippen LogP contribution in [0.5, 0.6) is 5.75 Å². The van der Waals surface area contributed by atoms with Gasteiger partial charge in [0.15, 0.2) is 0 Å².